The first-order chi connectivity index (χ1) is 15.3. The van der Waals surface area contributed by atoms with Gasteiger partial charge in [0.05, 0.1) is 16.6 Å². The molecule has 0 bridgehead atoms. The summed E-state index contributed by atoms with van der Waals surface area (Å²) in [5, 5.41) is 7.83. The number of para-hydroxylation sites is 1. The van der Waals surface area contributed by atoms with Crippen LogP contribution in [0, 0.1) is 0 Å². The first kappa shape index (κ1) is 21.3. The number of hydrogen-bond donors (Lipinski definition) is 1. The van der Waals surface area contributed by atoms with E-state index in [1.165, 1.54) is 16.8 Å². The van der Waals surface area contributed by atoms with Crippen molar-refractivity contribution < 1.29 is 18.0 Å². The van der Waals surface area contributed by atoms with Gasteiger partial charge in [0.25, 0.3) is 11.5 Å². The standard InChI is InChI=1S/C24H18F3N3O2/c25-24(26,27)17-12-10-16(11-13-17)14-15-28-22(31)21-19-8-4-5-9-20(19)23(32)30(29-21)18-6-2-1-3-7-18/h1-13H,14-15H2,(H,28,31). The van der Waals surface area contributed by atoms with E-state index < -0.39 is 17.6 Å². The molecule has 162 valence electrons. The molecular weight excluding hydrogens is 419 g/mol. The Kier molecular flexibility index (Phi) is 5.77. The highest BCUT2D eigenvalue weighted by Crippen LogP contribution is 2.29. The van der Waals surface area contributed by atoms with Crippen molar-refractivity contribution in [3.05, 3.63) is 106 Å². The molecule has 0 fully saturated rings. The van der Waals surface area contributed by atoms with Crippen molar-refractivity contribution in [1.82, 2.24) is 15.1 Å². The third-order valence-corrected chi connectivity index (χ3v) is 5.00. The summed E-state index contributed by atoms with van der Waals surface area (Å²) in [6.45, 7) is 0.199. The van der Waals surface area contributed by atoms with Crippen LogP contribution in [0.4, 0.5) is 13.2 Å². The summed E-state index contributed by atoms with van der Waals surface area (Å²) < 4.78 is 39.3. The van der Waals surface area contributed by atoms with Gasteiger partial charge in [0, 0.05) is 11.9 Å². The number of rotatable bonds is 5. The van der Waals surface area contributed by atoms with E-state index >= 15 is 0 Å². The first-order valence-corrected chi connectivity index (χ1v) is 9.86. The smallest absolute Gasteiger partial charge is 0.350 e. The van der Waals surface area contributed by atoms with Gasteiger partial charge in [-0.25, -0.2) is 0 Å². The zero-order chi connectivity index (χ0) is 22.7. The van der Waals surface area contributed by atoms with Gasteiger partial charge in [-0.05, 0) is 42.3 Å². The number of halogens is 3. The fourth-order valence-corrected chi connectivity index (χ4v) is 3.37. The largest absolute Gasteiger partial charge is 0.416 e. The average molecular weight is 437 g/mol. The number of nitrogens with zero attached hydrogens (tertiary/aromatic N) is 2. The van der Waals surface area contributed by atoms with Crippen molar-refractivity contribution >= 4 is 16.7 Å². The molecular formula is C24H18F3N3O2. The maximum atomic E-state index is 12.9. The lowest BCUT2D eigenvalue weighted by atomic mass is 10.1. The van der Waals surface area contributed by atoms with Gasteiger partial charge in [0.15, 0.2) is 5.69 Å². The molecule has 0 atom stereocenters. The van der Waals surface area contributed by atoms with Gasteiger partial charge in [-0.3, -0.25) is 9.59 Å². The molecule has 8 heteroatoms. The van der Waals surface area contributed by atoms with Gasteiger partial charge in [-0.2, -0.15) is 23.0 Å². The number of fused-ring (bicyclic) bond motifs is 1. The Bertz CT molecular complexity index is 1310. The van der Waals surface area contributed by atoms with Gasteiger partial charge >= 0.3 is 6.18 Å². The SMILES string of the molecule is O=C(NCCc1ccc(C(F)(F)F)cc1)c1nn(-c2ccccc2)c(=O)c2ccccc12. The molecule has 1 heterocycles. The number of amides is 1. The van der Waals surface area contributed by atoms with Crippen LogP contribution in [0.25, 0.3) is 16.5 Å². The third kappa shape index (κ3) is 4.39. The van der Waals surface area contributed by atoms with Crippen molar-refractivity contribution in [3.8, 4) is 5.69 Å². The van der Waals surface area contributed by atoms with Crippen molar-refractivity contribution in [2.75, 3.05) is 6.54 Å². The van der Waals surface area contributed by atoms with Crippen LogP contribution in [0.3, 0.4) is 0 Å². The Hall–Kier alpha value is -3.94. The van der Waals surface area contributed by atoms with Gasteiger partial charge in [-0.1, -0.05) is 48.5 Å². The van der Waals surface area contributed by atoms with Crippen molar-refractivity contribution in [3.63, 3.8) is 0 Å². The van der Waals surface area contributed by atoms with Gasteiger partial charge < -0.3 is 5.32 Å². The number of benzene rings is 3. The highest BCUT2D eigenvalue weighted by atomic mass is 19.4. The highest BCUT2D eigenvalue weighted by molar-refractivity contribution is 6.04. The lowest BCUT2D eigenvalue weighted by molar-refractivity contribution is -0.137. The Labute approximate surface area is 181 Å². The fraction of sp³-hybridized carbons (Fsp3) is 0.125. The Morgan fingerprint density at radius 3 is 2.16 bits per heavy atom. The molecule has 1 amide bonds. The Morgan fingerprint density at radius 1 is 0.875 bits per heavy atom. The summed E-state index contributed by atoms with van der Waals surface area (Å²) in [6.07, 6.45) is -4.04. The molecule has 1 N–H and O–H groups in total. The van der Waals surface area contributed by atoms with Crippen molar-refractivity contribution in [2.24, 2.45) is 0 Å². The predicted molar refractivity (Wildman–Crippen MR) is 115 cm³/mol. The van der Waals surface area contributed by atoms with Gasteiger partial charge in [0.2, 0.25) is 0 Å². The minimum absolute atomic E-state index is 0.0940. The minimum atomic E-state index is -4.39. The normalized spacial score (nSPS) is 11.5. The second-order valence-electron chi connectivity index (χ2n) is 7.15. The van der Waals surface area contributed by atoms with E-state index in [2.05, 4.69) is 10.4 Å². The van der Waals surface area contributed by atoms with E-state index in [1.807, 2.05) is 6.07 Å². The fourth-order valence-electron chi connectivity index (χ4n) is 3.37. The lowest BCUT2D eigenvalue weighted by Crippen LogP contribution is -2.31. The molecule has 4 rings (SSSR count). The zero-order valence-electron chi connectivity index (χ0n) is 16.8. The van der Waals surface area contributed by atoms with Crippen LogP contribution in [0.5, 0.6) is 0 Å². The number of nitrogens with one attached hydrogen (secondary N) is 1. The number of carbonyl (C=O) groups is 1. The molecule has 5 nitrogen and oxygen atoms in total. The zero-order valence-corrected chi connectivity index (χ0v) is 16.8. The summed E-state index contributed by atoms with van der Waals surface area (Å²) >= 11 is 0. The topological polar surface area (TPSA) is 64.0 Å². The molecule has 4 aromatic rings. The van der Waals surface area contributed by atoms with Crippen LogP contribution >= 0.6 is 0 Å². The lowest BCUT2D eigenvalue weighted by Gasteiger charge is -2.12. The van der Waals surface area contributed by atoms with E-state index in [0.717, 1.165) is 12.1 Å². The Balaban J connectivity index is 1.57. The maximum Gasteiger partial charge on any atom is 0.416 e. The van der Waals surface area contributed by atoms with Crippen LogP contribution in [-0.2, 0) is 12.6 Å². The number of hydrogen-bond acceptors (Lipinski definition) is 3. The number of aromatic nitrogens is 2. The minimum Gasteiger partial charge on any atom is -0.350 e. The van der Waals surface area contributed by atoms with Crippen LogP contribution in [0.15, 0.2) is 83.7 Å². The van der Waals surface area contributed by atoms with E-state index in [0.29, 0.717) is 28.4 Å². The molecule has 0 unspecified atom stereocenters. The van der Waals surface area contributed by atoms with Crippen LogP contribution in [0.2, 0.25) is 0 Å². The Morgan fingerprint density at radius 2 is 1.50 bits per heavy atom. The molecule has 3 aromatic carbocycles. The summed E-state index contributed by atoms with van der Waals surface area (Å²) in [4.78, 5) is 25.8. The maximum absolute atomic E-state index is 12.9. The molecule has 0 spiro atoms. The summed E-state index contributed by atoms with van der Waals surface area (Å²) in [5.41, 5.74) is 0.223. The van der Waals surface area contributed by atoms with Crippen molar-refractivity contribution in [1.29, 1.82) is 0 Å². The van der Waals surface area contributed by atoms with E-state index in [4.69, 9.17) is 0 Å². The van der Waals surface area contributed by atoms with Crippen LogP contribution in [0.1, 0.15) is 21.6 Å². The quantitative estimate of drug-likeness (QED) is 0.504. The number of carbonyl (C=O) groups excluding carboxylic acids is 1. The van der Waals surface area contributed by atoms with Gasteiger partial charge in [-0.15, -0.1) is 0 Å². The second kappa shape index (κ2) is 8.66. The van der Waals surface area contributed by atoms with Crippen LogP contribution in [-0.4, -0.2) is 22.2 Å². The molecule has 0 saturated heterocycles. The summed E-state index contributed by atoms with van der Waals surface area (Å²) in [7, 11) is 0. The van der Waals surface area contributed by atoms with Crippen molar-refractivity contribution in [2.45, 2.75) is 12.6 Å². The number of alkyl halides is 3. The monoisotopic (exact) mass is 437 g/mol. The molecule has 32 heavy (non-hydrogen) atoms. The molecule has 1 aromatic heterocycles. The molecule has 0 aliphatic heterocycles. The third-order valence-electron chi connectivity index (χ3n) is 5.00. The molecule has 0 saturated carbocycles. The summed E-state index contributed by atoms with van der Waals surface area (Å²) in [6, 6.07) is 20.3. The van der Waals surface area contributed by atoms with E-state index in [1.54, 1.807) is 48.5 Å². The second-order valence-corrected chi connectivity index (χ2v) is 7.15. The molecule has 0 aliphatic carbocycles. The van der Waals surface area contributed by atoms with Crippen LogP contribution < -0.4 is 10.9 Å². The highest BCUT2D eigenvalue weighted by Gasteiger charge is 2.29. The first-order valence-electron chi connectivity index (χ1n) is 9.86. The average Bonchev–Trinajstić information content (AvgIpc) is 2.80. The van der Waals surface area contributed by atoms with Gasteiger partial charge in [0.1, 0.15) is 0 Å². The summed E-state index contributed by atoms with van der Waals surface area (Å²) in [5.74, 6) is -0.474. The predicted octanol–water partition coefficient (Wildman–Crippen LogP) is 4.38. The molecule has 0 aliphatic rings. The van der Waals surface area contributed by atoms with E-state index in [-0.39, 0.29) is 17.8 Å². The molecule has 0 radical (unpaired) electrons. The van der Waals surface area contributed by atoms with E-state index in [9.17, 15) is 22.8 Å².